The molecule has 98 valence electrons. The van der Waals surface area contributed by atoms with Crippen molar-refractivity contribution in [3.8, 4) is 0 Å². The zero-order chi connectivity index (χ0) is 14.0. The van der Waals surface area contributed by atoms with Crippen molar-refractivity contribution in [2.45, 2.75) is 4.90 Å². The fraction of sp³-hybridized carbons (Fsp3) is 0.300. The molecule has 0 heterocycles. The van der Waals surface area contributed by atoms with Gasteiger partial charge in [-0.3, -0.25) is 4.79 Å². The highest BCUT2D eigenvalue weighted by Gasteiger charge is 2.18. The average Bonchev–Trinajstić information content (AvgIpc) is 2.39. The lowest BCUT2D eigenvalue weighted by Crippen LogP contribution is -2.17. The van der Waals surface area contributed by atoms with E-state index >= 15 is 0 Å². The molecule has 0 N–H and O–H groups in total. The van der Waals surface area contributed by atoms with Crippen LogP contribution in [0, 0.1) is 0 Å². The van der Waals surface area contributed by atoms with Crippen LogP contribution in [0.15, 0.2) is 40.3 Å². The Morgan fingerprint density at radius 3 is 2.28 bits per heavy atom. The number of sulfone groups is 1. The van der Waals surface area contributed by atoms with E-state index in [0.717, 1.165) is 7.11 Å². The number of rotatable bonds is 3. The third-order valence-electron chi connectivity index (χ3n) is 1.73. The van der Waals surface area contributed by atoms with Gasteiger partial charge in [-0.15, -0.1) is 0 Å². The van der Waals surface area contributed by atoms with Crippen LogP contribution in [0.5, 0.6) is 0 Å². The van der Waals surface area contributed by atoms with Gasteiger partial charge in [0.05, 0.1) is 12.0 Å². The van der Waals surface area contributed by atoms with Crippen molar-refractivity contribution >= 4 is 15.8 Å². The maximum Gasteiger partial charge on any atom is 0.321 e. The van der Waals surface area contributed by atoms with Crippen molar-refractivity contribution in [1.82, 2.24) is 0 Å². The summed E-state index contributed by atoms with van der Waals surface area (Å²) < 4.78 is 27.3. The standard InChI is InChI=1S/C9H10O4S.CH3N3/c1-13-9(10)7-14(11,12)8-5-3-2-4-6-8;1-3-4-2/h2-6H,7H2,1H3;1H3. The molecule has 0 unspecified atom stereocenters. The minimum Gasteiger partial charge on any atom is -0.468 e. The lowest BCUT2D eigenvalue weighted by Gasteiger charge is -2.01. The molecule has 1 aromatic rings. The Labute approximate surface area is 105 Å². The number of hydrogen-bond donors (Lipinski definition) is 0. The van der Waals surface area contributed by atoms with E-state index in [4.69, 9.17) is 5.53 Å². The molecule has 0 aliphatic heterocycles. The van der Waals surface area contributed by atoms with Gasteiger partial charge in [0.15, 0.2) is 15.6 Å². The summed E-state index contributed by atoms with van der Waals surface area (Å²) in [6, 6.07) is 7.79. The van der Waals surface area contributed by atoms with Crippen molar-refractivity contribution in [1.29, 1.82) is 0 Å². The Hall–Kier alpha value is -2.05. The summed E-state index contributed by atoms with van der Waals surface area (Å²) in [4.78, 5) is 13.3. The third kappa shape index (κ3) is 5.88. The first-order valence-corrected chi connectivity index (χ1v) is 6.41. The molecule has 0 aliphatic carbocycles. The predicted molar refractivity (Wildman–Crippen MR) is 65.6 cm³/mol. The van der Waals surface area contributed by atoms with Crippen molar-refractivity contribution in [3.05, 3.63) is 40.8 Å². The number of carbonyl (C=O) groups excluding carboxylic acids is 1. The van der Waals surface area contributed by atoms with Crippen LogP contribution in [-0.4, -0.2) is 34.3 Å². The number of nitrogens with zero attached hydrogens (tertiary/aromatic N) is 3. The van der Waals surface area contributed by atoms with Crippen molar-refractivity contribution in [3.63, 3.8) is 0 Å². The van der Waals surface area contributed by atoms with Crippen LogP contribution in [0.2, 0.25) is 0 Å². The third-order valence-corrected chi connectivity index (χ3v) is 3.33. The minimum absolute atomic E-state index is 0.130. The fourth-order valence-electron chi connectivity index (χ4n) is 0.925. The summed E-state index contributed by atoms with van der Waals surface area (Å²) in [5.41, 5.74) is 7.33. The summed E-state index contributed by atoms with van der Waals surface area (Å²) in [6.07, 6.45) is 0. The molecule has 0 bridgehead atoms. The topological polar surface area (TPSA) is 109 Å². The molecule has 0 radical (unpaired) electrons. The number of azide groups is 1. The van der Waals surface area contributed by atoms with E-state index in [-0.39, 0.29) is 4.90 Å². The molecule has 7 nitrogen and oxygen atoms in total. The zero-order valence-electron chi connectivity index (χ0n) is 9.98. The van der Waals surface area contributed by atoms with Crippen LogP contribution in [0.4, 0.5) is 0 Å². The number of benzene rings is 1. The van der Waals surface area contributed by atoms with Crippen LogP contribution >= 0.6 is 0 Å². The van der Waals surface area contributed by atoms with E-state index in [1.807, 2.05) is 0 Å². The van der Waals surface area contributed by atoms with Crippen LogP contribution < -0.4 is 0 Å². The molecule has 0 saturated carbocycles. The minimum atomic E-state index is -3.55. The Bertz CT molecular complexity index is 521. The smallest absolute Gasteiger partial charge is 0.321 e. The van der Waals surface area contributed by atoms with Crippen LogP contribution in [-0.2, 0) is 19.4 Å². The Kier molecular flexibility index (Phi) is 7.18. The first-order valence-electron chi connectivity index (χ1n) is 4.75. The second kappa shape index (κ2) is 8.10. The summed E-state index contributed by atoms with van der Waals surface area (Å²) in [6.45, 7) is 0. The number of carbonyl (C=O) groups is 1. The lowest BCUT2D eigenvalue weighted by atomic mass is 10.4. The molecule has 0 amide bonds. The highest BCUT2D eigenvalue weighted by molar-refractivity contribution is 7.92. The van der Waals surface area contributed by atoms with E-state index in [9.17, 15) is 13.2 Å². The zero-order valence-corrected chi connectivity index (χ0v) is 10.8. The van der Waals surface area contributed by atoms with E-state index in [2.05, 4.69) is 14.8 Å². The van der Waals surface area contributed by atoms with Gasteiger partial charge in [0, 0.05) is 12.0 Å². The largest absolute Gasteiger partial charge is 0.468 e. The second-order valence-corrected chi connectivity index (χ2v) is 4.93. The van der Waals surface area contributed by atoms with Crippen LogP contribution in [0.3, 0.4) is 0 Å². The van der Waals surface area contributed by atoms with E-state index < -0.39 is 21.6 Å². The summed E-state index contributed by atoms with van der Waals surface area (Å²) >= 11 is 0. The van der Waals surface area contributed by atoms with Crippen LogP contribution in [0.1, 0.15) is 0 Å². The average molecular weight is 271 g/mol. The molecule has 0 spiro atoms. The molecule has 1 aromatic carbocycles. The highest BCUT2D eigenvalue weighted by atomic mass is 32.2. The normalized spacial score (nSPS) is 9.44. The van der Waals surface area contributed by atoms with Crippen molar-refractivity contribution < 1.29 is 17.9 Å². The van der Waals surface area contributed by atoms with Gasteiger partial charge in [-0.25, -0.2) is 8.42 Å². The number of methoxy groups -OCH3 is 1. The Morgan fingerprint density at radius 2 is 1.89 bits per heavy atom. The lowest BCUT2D eigenvalue weighted by molar-refractivity contribution is -0.137. The summed E-state index contributed by atoms with van der Waals surface area (Å²) in [5.74, 6) is -1.37. The quantitative estimate of drug-likeness (QED) is 0.359. The SMILES string of the molecule is CN=[N+]=[N-].COC(=O)CS(=O)(=O)c1ccccc1. The fourth-order valence-corrected chi connectivity index (χ4v) is 2.09. The van der Waals surface area contributed by atoms with E-state index in [1.54, 1.807) is 18.2 Å². The first-order chi connectivity index (χ1) is 8.47. The van der Waals surface area contributed by atoms with Gasteiger partial charge in [0.2, 0.25) is 0 Å². The Morgan fingerprint density at radius 1 is 1.39 bits per heavy atom. The molecule has 1 rings (SSSR count). The summed E-state index contributed by atoms with van der Waals surface area (Å²) in [7, 11) is -1.00. The molecular formula is C10H13N3O4S. The van der Waals surface area contributed by atoms with Gasteiger partial charge in [0.25, 0.3) is 0 Å². The number of esters is 1. The Balaban J connectivity index is 0.000000631. The summed E-state index contributed by atoms with van der Waals surface area (Å²) in [5, 5.41) is 2.92. The van der Waals surface area contributed by atoms with E-state index in [1.165, 1.54) is 19.2 Å². The van der Waals surface area contributed by atoms with Gasteiger partial charge >= 0.3 is 5.97 Å². The highest BCUT2D eigenvalue weighted by Crippen LogP contribution is 2.09. The van der Waals surface area contributed by atoms with Gasteiger partial charge in [-0.2, -0.15) is 0 Å². The number of ether oxygens (including phenoxy) is 1. The predicted octanol–water partition coefficient (Wildman–Crippen LogP) is 1.56. The molecule has 8 heteroatoms. The maximum atomic E-state index is 11.5. The monoisotopic (exact) mass is 271 g/mol. The molecule has 0 saturated heterocycles. The van der Waals surface area contributed by atoms with E-state index in [0.29, 0.717) is 0 Å². The van der Waals surface area contributed by atoms with Gasteiger partial charge in [-0.1, -0.05) is 23.3 Å². The molecule has 0 aliphatic rings. The van der Waals surface area contributed by atoms with Crippen molar-refractivity contribution in [2.75, 3.05) is 19.9 Å². The molecule has 0 aromatic heterocycles. The molecule has 0 fully saturated rings. The second-order valence-electron chi connectivity index (χ2n) is 2.94. The van der Waals surface area contributed by atoms with Gasteiger partial charge < -0.3 is 4.74 Å². The molecular weight excluding hydrogens is 258 g/mol. The molecule has 18 heavy (non-hydrogen) atoms. The first kappa shape index (κ1) is 16.0. The number of hydrogen-bond acceptors (Lipinski definition) is 5. The van der Waals surface area contributed by atoms with Gasteiger partial charge in [-0.05, 0) is 17.7 Å². The van der Waals surface area contributed by atoms with Crippen LogP contribution in [0.25, 0.3) is 10.4 Å². The van der Waals surface area contributed by atoms with Gasteiger partial charge in [0.1, 0.15) is 0 Å². The maximum absolute atomic E-state index is 11.5. The van der Waals surface area contributed by atoms with Crippen molar-refractivity contribution in [2.24, 2.45) is 5.11 Å². The molecule has 0 atom stereocenters.